The summed E-state index contributed by atoms with van der Waals surface area (Å²) < 4.78 is 45.9. The molecule has 4 nitrogen and oxygen atoms in total. The lowest BCUT2D eigenvalue weighted by Gasteiger charge is -2.26. The standard InChI is InChI=1S/C30H38F3N3O.CH4/c31-30(32,33)37-29-9-5-4-8-26(29)22-10-15-28-27(18-22)23(16-17-35-25-13-11-24(34)12-14-25)20-36(28)19-21-6-2-1-3-7-21;/h4-5,8-10,15,18,20-21,24-25,35H,1-3,6-7,11-14,16-17,19,34H2;1H4. The maximum absolute atomic E-state index is 13.1. The maximum Gasteiger partial charge on any atom is 0.573 e. The number of hydrogen-bond acceptors (Lipinski definition) is 3. The lowest BCUT2D eigenvalue weighted by molar-refractivity contribution is -0.274. The number of aromatic nitrogens is 1. The number of rotatable bonds is 8. The summed E-state index contributed by atoms with van der Waals surface area (Å²) in [5.41, 5.74) is 9.64. The third kappa shape index (κ3) is 7.11. The first-order valence-electron chi connectivity index (χ1n) is 13.8. The zero-order chi connectivity index (χ0) is 25.8. The second-order valence-electron chi connectivity index (χ2n) is 10.9. The monoisotopic (exact) mass is 529 g/mol. The van der Waals surface area contributed by atoms with Gasteiger partial charge in [0.2, 0.25) is 0 Å². The van der Waals surface area contributed by atoms with Crippen LogP contribution in [0.2, 0.25) is 0 Å². The molecule has 208 valence electrons. The van der Waals surface area contributed by atoms with E-state index in [0.29, 0.717) is 23.6 Å². The molecule has 2 saturated carbocycles. The number of nitrogens with two attached hydrogens (primary N) is 1. The zero-order valence-corrected chi connectivity index (χ0v) is 21.4. The average Bonchev–Trinajstić information content (AvgIpc) is 3.21. The molecule has 1 heterocycles. The minimum atomic E-state index is -4.73. The fourth-order valence-corrected chi connectivity index (χ4v) is 6.19. The quantitative estimate of drug-likeness (QED) is 0.313. The molecule has 2 aliphatic rings. The summed E-state index contributed by atoms with van der Waals surface area (Å²) in [6.07, 6.45) is 9.25. The minimum absolute atomic E-state index is 0. The highest BCUT2D eigenvalue weighted by Gasteiger charge is 2.32. The van der Waals surface area contributed by atoms with Crippen LogP contribution in [0.1, 0.15) is 70.8 Å². The van der Waals surface area contributed by atoms with Gasteiger partial charge in [-0.1, -0.05) is 51.0 Å². The van der Waals surface area contributed by atoms with Gasteiger partial charge in [0.15, 0.2) is 0 Å². The molecule has 0 bridgehead atoms. The summed E-state index contributed by atoms with van der Waals surface area (Å²) in [7, 11) is 0. The van der Waals surface area contributed by atoms with E-state index in [-0.39, 0.29) is 13.2 Å². The Balaban J connectivity index is 0.00000336. The van der Waals surface area contributed by atoms with Crippen LogP contribution in [0, 0.1) is 5.92 Å². The van der Waals surface area contributed by atoms with E-state index in [1.54, 1.807) is 18.2 Å². The predicted octanol–water partition coefficient (Wildman–Crippen LogP) is 7.83. The molecule has 0 saturated heterocycles. The van der Waals surface area contributed by atoms with E-state index in [9.17, 15) is 13.2 Å². The number of benzene rings is 2. The van der Waals surface area contributed by atoms with E-state index in [1.807, 2.05) is 12.1 Å². The molecular weight excluding hydrogens is 487 g/mol. The molecule has 2 aromatic carbocycles. The van der Waals surface area contributed by atoms with Crippen molar-refractivity contribution in [3.8, 4) is 16.9 Å². The van der Waals surface area contributed by atoms with Gasteiger partial charge in [-0.25, -0.2) is 0 Å². The number of ether oxygens (including phenoxy) is 1. The van der Waals surface area contributed by atoms with Crippen LogP contribution < -0.4 is 15.8 Å². The number of alkyl halides is 3. The Kier molecular flexibility index (Phi) is 9.42. The number of fused-ring (bicyclic) bond motifs is 1. The van der Waals surface area contributed by atoms with Crippen molar-refractivity contribution in [3.05, 3.63) is 54.2 Å². The van der Waals surface area contributed by atoms with Crippen LogP contribution >= 0.6 is 0 Å². The molecule has 0 amide bonds. The van der Waals surface area contributed by atoms with Gasteiger partial charge in [0.25, 0.3) is 0 Å². The van der Waals surface area contributed by atoms with Gasteiger partial charge in [0.1, 0.15) is 5.75 Å². The van der Waals surface area contributed by atoms with Crippen molar-refractivity contribution in [2.45, 2.75) is 96.6 Å². The fourth-order valence-electron chi connectivity index (χ4n) is 6.19. The van der Waals surface area contributed by atoms with Crippen LogP contribution in [0.15, 0.2) is 48.7 Å². The number of nitrogens with one attached hydrogen (secondary N) is 1. The maximum atomic E-state index is 13.1. The molecule has 5 rings (SSSR count). The Morgan fingerprint density at radius 1 is 0.947 bits per heavy atom. The average molecular weight is 530 g/mol. The van der Waals surface area contributed by atoms with Crippen LogP contribution in [-0.2, 0) is 13.0 Å². The molecule has 3 N–H and O–H groups in total. The molecule has 3 aromatic rings. The fraction of sp³-hybridized carbons (Fsp3) is 0.548. The Morgan fingerprint density at radius 2 is 1.68 bits per heavy atom. The summed E-state index contributed by atoms with van der Waals surface area (Å²) in [5.74, 6) is 0.511. The second-order valence-corrected chi connectivity index (χ2v) is 10.9. The van der Waals surface area contributed by atoms with Gasteiger partial charge in [-0.15, -0.1) is 13.2 Å². The molecule has 0 atom stereocenters. The first kappa shape index (κ1) is 28.5. The SMILES string of the molecule is C.NC1CCC(NCCc2cn(CC3CCCCC3)c3ccc(-c4ccccc4OC(F)(F)F)cc23)CC1. The lowest BCUT2D eigenvalue weighted by Crippen LogP contribution is -2.38. The molecule has 38 heavy (non-hydrogen) atoms. The Hall–Kier alpha value is -2.51. The van der Waals surface area contributed by atoms with Gasteiger partial charge in [-0.05, 0) is 86.7 Å². The summed E-state index contributed by atoms with van der Waals surface area (Å²) in [6.45, 7) is 1.87. The van der Waals surface area contributed by atoms with Crippen LogP contribution in [0.25, 0.3) is 22.0 Å². The van der Waals surface area contributed by atoms with E-state index < -0.39 is 6.36 Å². The molecule has 7 heteroatoms. The Labute approximate surface area is 224 Å². The first-order valence-corrected chi connectivity index (χ1v) is 13.8. The van der Waals surface area contributed by atoms with Crippen molar-refractivity contribution in [1.29, 1.82) is 0 Å². The smallest absolute Gasteiger partial charge is 0.405 e. The summed E-state index contributed by atoms with van der Waals surface area (Å²) >= 11 is 0. The highest BCUT2D eigenvalue weighted by molar-refractivity contribution is 5.89. The Morgan fingerprint density at radius 3 is 2.42 bits per heavy atom. The van der Waals surface area contributed by atoms with Crippen molar-refractivity contribution < 1.29 is 17.9 Å². The highest BCUT2D eigenvalue weighted by Crippen LogP contribution is 2.37. The molecule has 2 fully saturated rings. The van der Waals surface area contributed by atoms with Gasteiger partial charge in [-0.2, -0.15) is 0 Å². The van der Waals surface area contributed by atoms with Crippen molar-refractivity contribution in [3.63, 3.8) is 0 Å². The second kappa shape index (κ2) is 12.6. The third-order valence-corrected chi connectivity index (χ3v) is 8.17. The van der Waals surface area contributed by atoms with Gasteiger partial charge >= 0.3 is 6.36 Å². The molecule has 2 aliphatic carbocycles. The minimum Gasteiger partial charge on any atom is -0.405 e. The number of para-hydroxylation sites is 1. The van der Waals surface area contributed by atoms with Crippen molar-refractivity contribution >= 4 is 10.9 Å². The van der Waals surface area contributed by atoms with E-state index >= 15 is 0 Å². The number of nitrogens with zero attached hydrogens (tertiary/aromatic N) is 1. The third-order valence-electron chi connectivity index (χ3n) is 8.17. The predicted molar refractivity (Wildman–Crippen MR) is 149 cm³/mol. The van der Waals surface area contributed by atoms with E-state index in [2.05, 4.69) is 26.9 Å². The number of halogens is 3. The molecular formula is C31H42F3N3O. The van der Waals surface area contributed by atoms with Gasteiger partial charge in [0.05, 0.1) is 0 Å². The van der Waals surface area contributed by atoms with Crippen LogP contribution in [0.3, 0.4) is 0 Å². The van der Waals surface area contributed by atoms with Crippen molar-refractivity contribution in [1.82, 2.24) is 9.88 Å². The normalized spacial score (nSPS) is 20.8. The molecule has 0 unspecified atom stereocenters. The zero-order valence-electron chi connectivity index (χ0n) is 21.4. The lowest BCUT2D eigenvalue weighted by atomic mass is 9.89. The van der Waals surface area contributed by atoms with Gasteiger partial charge in [-0.3, -0.25) is 0 Å². The van der Waals surface area contributed by atoms with Crippen LogP contribution in [0.4, 0.5) is 13.2 Å². The molecule has 0 spiro atoms. The summed E-state index contributed by atoms with van der Waals surface area (Å²) in [4.78, 5) is 0. The van der Waals surface area contributed by atoms with Crippen molar-refractivity contribution in [2.24, 2.45) is 11.7 Å². The van der Waals surface area contributed by atoms with E-state index in [4.69, 9.17) is 5.73 Å². The largest absolute Gasteiger partial charge is 0.573 e. The molecule has 0 radical (unpaired) electrons. The number of hydrogen-bond donors (Lipinski definition) is 2. The highest BCUT2D eigenvalue weighted by atomic mass is 19.4. The van der Waals surface area contributed by atoms with Crippen LogP contribution in [0.5, 0.6) is 5.75 Å². The molecule has 0 aliphatic heterocycles. The van der Waals surface area contributed by atoms with Crippen LogP contribution in [-0.4, -0.2) is 29.6 Å². The van der Waals surface area contributed by atoms with Crippen molar-refractivity contribution in [2.75, 3.05) is 6.54 Å². The van der Waals surface area contributed by atoms with Gasteiger partial charge in [0, 0.05) is 41.3 Å². The molecule has 1 aromatic heterocycles. The first-order chi connectivity index (χ1) is 17.9. The summed E-state index contributed by atoms with van der Waals surface area (Å²) in [6, 6.07) is 13.3. The Bertz CT molecular complexity index is 1170. The van der Waals surface area contributed by atoms with E-state index in [0.717, 1.165) is 61.7 Å². The summed E-state index contributed by atoms with van der Waals surface area (Å²) in [5, 5.41) is 4.83. The van der Waals surface area contributed by atoms with E-state index in [1.165, 1.54) is 43.7 Å². The topological polar surface area (TPSA) is 52.2 Å². The van der Waals surface area contributed by atoms with Gasteiger partial charge < -0.3 is 20.4 Å².